The largest absolute Gasteiger partial charge is 0.497 e. The smallest absolute Gasteiger partial charge is 0.249 e. The van der Waals surface area contributed by atoms with Crippen LogP contribution in [-0.2, 0) is 17.8 Å². The van der Waals surface area contributed by atoms with Gasteiger partial charge in [-0.15, -0.1) is 0 Å². The van der Waals surface area contributed by atoms with E-state index in [1.807, 2.05) is 30.5 Å². The first-order valence-corrected chi connectivity index (χ1v) is 8.81. The van der Waals surface area contributed by atoms with Gasteiger partial charge in [-0.2, -0.15) is 5.10 Å². The van der Waals surface area contributed by atoms with Gasteiger partial charge in [-0.25, -0.2) is 0 Å². The number of carbonyl (C=O) groups excluding carboxylic acids is 1. The first kappa shape index (κ1) is 19.2. The summed E-state index contributed by atoms with van der Waals surface area (Å²) in [6, 6.07) is 11.1. The molecule has 0 atom stereocenters. The summed E-state index contributed by atoms with van der Waals surface area (Å²) in [5.74, 6) is 1.56. The quantitative estimate of drug-likeness (QED) is 0.609. The Hall–Kier alpha value is -3.61. The highest BCUT2D eigenvalue weighted by Gasteiger charge is 2.04. The SMILES string of the molecule is COc1cc(/C=C\C(=O)Nc2ccn(CCc3ccncc3)n2)cc(OC)c1. The van der Waals surface area contributed by atoms with Crippen molar-refractivity contribution in [2.45, 2.75) is 13.0 Å². The van der Waals surface area contributed by atoms with E-state index in [1.165, 1.54) is 11.6 Å². The van der Waals surface area contributed by atoms with E-state index in [4.69, 9.17) is 9.47 Å². The van der Waals surface area contributed by atoms with Crippen LogP contribution in [0.5, 0.6) is 11.5 Å². The summed E-state index contributed by atoms with van der Waals surface area (Å²) < 4.78 is 12.3. The fraction of sp³-hybridized carbons (Fsp3) is 0.190. The predicted octanol–water partition coefficient (Wildman–Crippen LogP) is 3.19. The van der Waals surface area contributed by atoms with Crippen molar-refractivity contribution >= 4 is 17.8 Å². The summed E-state index contributed by atoms with van der Waals surface area (Å²) >= 11 is 0. The summed E-state index contributed by atoms with van der Waals surface area (Å²) in [4.78, 5) is 16.2. The molecule has 2 heterocycles. The number of ether oxygens (including phenoxy) is 2. The number of aryl methyl sites for hydroxylation is 2. The van der Waals surface area contributed by atoms with Gasteiger partial charge in [0.1, 0.15) is 11.5 Å². The number of hydrogen-bond acceptors (Lipinski definition) is 5. The van der Waals surface area contributed by atoms with Gasteiger partial charge in [-0.3, -0.25) is 14.5 Å². The Kier molecular flexibility index (Phi) is 6.41. The van der Waals surface area contributed by atoms with Crippen LogP contribution in [0, 0.1) is 0 Å². The molecule has 0 aliphatic heterocycles. The number of nitrogens with one attached hydrogen (secondary N) is 1. The van der Waals surface area contributed by atoms with Gasteiger partial charge < -0.3 is 14.8 Å². The highest BCUT2D eigenvalue weighted by Crippen LogP contribution is 2.23. The Morgan fingerprint density at radius 2 is 1.82 bits per heavy atom. The zero-order valence-corrected chi connectivity index (χ0v) is 15.8. The molecule has 144 valence electrons. The number of rotatable bonds is 8. The standard InChI is InChI=1S/C21H22N4O3/c1-27-18-13-17(14-19(15-18)28-2)3-4-21(26)23-20-8-12-25(24-20)11-7-16-5-9-22-10-6-16/h3-6,8-10,12-15H,7,11H2,1-2H3,(H,23,24,26)/b4-3-. The van der Waals surface area contributed by atoms with E-state index in [-0.39, 0.29) is 5.91 Å². The highest BCUT2D eigenvalue weighted by atomic mass is 16.5. The number of pyridine rings is 1. The second-order valence-electron chi connectivity index (χ2n) is 6.04. The number of benzene rings is 1. The van der Waals surface area contributed by atoms with Crippen molar-refractivity contribution in [1.82, 2.24) is 14.8 Å². The molecule has 3 aromatic rings. The molecule has 1 amide bonds. The van der Waals surface area contributed by atoms with Crippen LogP contribution >= 0.6 is 0 Å². The van der Waals surface area contributed by atoms with Crippen LogP contribution in [0.25, 0.3) is 6.08 Å². The highest BCUT2D eigenvalue weighted by molar-refractivity contribution is 6.01. The van der Waals surface area contributed by atoms with Crippen molar-refractivity contribution in [2.24, 2.45) is 0 Å². The van der Waals surface area contributed by atoms with E-state index in [2.05, 4.69) is 15.4 Å². The molecule has 7 nitrogen and oxygen atoms in total. The van der Waals surface area contributed by atoms with Crippen LogP contribution in [0.2, 0.25) is 0 Å². The molecule has 1 aromatic carbocycles. The molecular weight excluding hydrogens is 356 g/mol. The Labute approximate surface area is 163 Å². The Morgan fingerprint density at radius 3 is 2.50 bits per heavy atom. The zero-order chi connectivity index (χ0) is 19.8. The van der Waals surface area contributed by atoms with Gasteiger partial charge in [0.15, 0.2) is 5.82 Å². The van der Waals surface area contributed by atoms with E-state index < -0.39 is 0 Å². The Balaban J connectivity index is 1.56. The zero-order valence-electron chi connectivity index (χ0n) is 15.8. The lowest BCUT2D eigenvalue weighted by molar-refractivity contribution is -0.111. The van der Waals surface area contributed by atoms with Crippen molar-refractivity contribution in [3.63, 3.8) is 0 Å². The number of carbonyl (C=O) groups is 1. The number of nitrogens with zero attached hydrogens (tertiary/aromatic N) is 3. The minimum absolute atomic E-state index is 0.263. The van der Waals surface area contributed by atoms with Crippen molar-refractivity contribution in [1.29, 1.82) is 0 Å². The average molecular weight is 378 g/mol. The fourth-order valence-corrected chi connectivity index (χ4v) is 2.61. The van der Waals surface area contributed by atoms with Gasteiger partial charge in [0.2, 0.25) is 5.91 Å². The average Bonchev–Trinajstić information content (AvgIpc) is 3.18. The molecule has 28 heavy (non-hydrogen) atoms. The van der Waals surface area contributed by atoms with Crippen molar-refractivity contribution in [3.8, 4) is 11.5 Å². The van der Waals surface area contributed by atoms with Crippen molar-refractivity contribution in [3.05, 3.63) is 72.2 Å². The Morgan fingerprint density at radius 1 is 1.11 bits per heavy atom. The third kappa shape index (κ3) is 5.44. The molecule has 3 rings (SSSR count). The van der Waals surface area contributed by atoms with Crippen LogP contribution in [0.15, 0.2) is 61.1 Å². The summed E-state index contributed by atoms with van der Waals surface area (Å²) in [6.07, 6.45) is 9.37. The van der Waals surface area contributed by atoms with E-state index >= 15 is 0 Å². The molecule has 0 unspecified atom stereocenters. The first-order valence-electron chi connectivity index (χ1n) is 8.81. The van der Waals surface area contributed by atoms with E-state index in [1.54, 1.807) is 49.5 Å². The molecule has 0 aliphatic carbocycles. The summed E-state index contributed by atoms with van der Waals surface area (Å²) in [7, 11) is 3.17. The molecule has 0 radical (unpaired) electrons. The van der Waals surface area contributed by atoms with Crippen LogP contribution in [0.3, 0.4) is 0 Å². The van der Waals surface area contributed by atoms with Gasteiger partial charge in [-0.05, 0) is 47.9 Å². The Bertz CT molecular complexity index is 929. The molecule has 0 bridgehead atoms. The number of anilines is 1. The number of hydrogen-bond donors (Lipinski definition) is 1. The van der Waals surface area contributed by atoms with Crippen LogP contribution in [0.1, 0.15) is 11.1 Å². The monoisotopic (exact) mass is 378 g/mol. The predicted molar refractivity (Wildman–Crippen MR) is 107 cm³/mol. The maximum absolute atomic E-state index is 12.2. The topological polar surface area (TPSA) is 78.3 Å². The van der Waals surface area contributed by atoms with E-state index in [0.717, 1.165) is 18.5 Å². The molecule has 0 saturated heterocycles. The van der Waals surface area contributed by atoms with Gasteiger partial charge in [0.05, 0.1) is 14.2 Å². The maximum Gasteiger partial charge on any atom is 0.249 e. The van der Waals surface area contributed by atoms with Gasteiger partial charge in [0, 0.05) is 43.3 Å². The lowest BCUT2D eigenvalue weighted by atomic mass is 10.2. The molecule has 1 N–H and O–H groups in total. The summed E-state index contributed by atoms with van der Waals surface area (Å²) in [5, 5.41) is 7.13. The second-order valence-corrected chi connectivity index (χ2v) is 6.04. The van der Waals surface area contributed by atoms with E-state index in [9.17, 15) is 4.79 Å². The van der Waals surface area contributed by atoms with Crippen LogP contribution in [0.4, 0.5) is 5.82 Å². The number of methoxy groups -OCH3 is 2. The van der Waals surface area contributed by atoms with Crippen molar-refractivity contribution in [2.75, 3.05) is 19.5 Å². The maximum atomic E-state index is 12.2. The third-order valence-electron chi connectivity index (χ3n) is 4.07. The second kappa shape index (κ2) is 9.36. The lowest BCUT2D eigenvalue weighted by Crippen LogP contribution is -2.09. The first-order chi connectivity index (χ1) is 13.7. The van der Waals surface area contributed by atoms with Gasteiger partial charge >= 0.3 is 0 Å². The summed E-state index contributed by atoms with van der Waals surface area (Å²) in [5.41, 5.74) is 1.99. The third-order valence-corrected chi connectivity index (χ3v) is 4.07. The van der Waals surface area contributed by atoms with Crippen LogP contribution in [-0.4, -0.2) is 34.9 Å². The van der Waals surface area contributed by atoms with E-state index in [0.29, 0.717) is 17.3 Å². The summed E-state index contributed by atoms with van der Waals surface area (Å²) in [6.45, 7) is 0.722. The molecule has 0 aliphatic rings. The molecule has 2 aromatic heterocycles. The molecule has 0 saturated carbocycles. The molecular formula is C21H22N4O3. The van der Waals surface area contributed by atoms with Crippen molar-refractivity contribution < 1.29 is 14.3 Å². The van der Waals surface area contributed by atoms with Gasteiger partial charge in [-0.1, -0.05) is 0 Å². The number of amides is 1. The lowest BCUT2D eigenvalue weighted by Gasteiger charge is -2.05. The normalized spacial score (nSPS) is 10.8. The molecule has 0 fully saturated rings. The molecule has 7 heteroatoms. The number of aromatic nitrogens is 3. The minimum Gasteiger partial charge on any atom is -0.497 e. The minimum atomic E-state index is -0.263. The van der Waals surface area contributed by atoms with Crippen LogP contribution < -0.4 is 14.8 Å². The fourth-order valence-electron chi connectivity index (χ4n) is 2.61. The molecule has 0 spiro atoms. The van der Waals surface area contributed by atoms with Gasteiger partial charge in [0.25, 0.3) is 0 Å².